The van der Waals surface area contributed by atoms with Gasteiger partial charge in [0, 0.05) is 0 Å². The fraction of sp³-hybridized carbons (Fsp3) is 0.474. The molecular formula is C19H26O4. The third-order valence-corrected chi connectivity index (χ3v) is 3.74. The monoisotopic (exact) mass is 318 g/mol. The Morgan fingerprint density at radius 2 is 1.65 bits per heavy atom. The van der Waals surface area contributed by atoms with Crippen LogP contribution in [0.4, 0.5) is 0 Å². The molecule has 0 aliphatic rings. The Bertz CT molecular complexity index is 489. The van der Waals surface area contributed by atoms with Gasteiger partial charge in [-0.15, -0.1) is 6.58 Å². The summed E-state index contributed by atoms with van der Waals surface area (Å²) < 4.78 is 10.3. The first kappa shape index (κ1) is 18.9. The Balaban J connectivity index is 2.89. The SMILES string of the molecule is C=CCC(CCCc1ccccc1)(C(=O)OCC)C(=O)OCC. The van der Waals surface area contributed by atoms with Crippen molar-refractivity contribution in [3.63, 3.8) is 0 Å². The van der Waals surface area contributed by atoms with Gasteiger partial charge in [-0.3, -0.25) is 9.59 Å². The summed E-state index contributed by atoms with van der Waals surface area (Å²) in [4.78, 5) is 24.9. The Morgan fingerprint density at radius 3 is 2.13 bits per heavy atom. The van der Waals surface area contributed by atoms with Gasteiger partial charge in [0.05, 0.1) is 13.2 Å². The molecule has 0 unspecified atom stereocenters. The van der Waals surface area contributed by atoms with Crippen LogP contribution >= 0.6 is 0 Å². The summed E-state index contributed by atoms with van der Waals surface area (Å²) in [6, 6.07) is 9.97. The summed E-state index contributed by atoms with van der Waals surface area (Å²) in [5.74, 6) is -1.04. The summed E-state index contributed by atoms with van der Waals surface area (Å²) in [7, 11) is 0. The van der Waals surface area contributed by atoms with Gasteiger partial charge in [-0.2, -0.15) is 0 Å². The Hall–Kier alpha value is -2.10. The Morgan fingerprint density at radius 1 is 1.09 bits per heavy atom. The van der Waals surface area contributed by atoms with Gasteiger partial charge in [0.15, 0.2) is 5.41 Å². The molecule has 1 aromatic rings. The van der Waals surface area contributed by atoms with Crippen molar-refractivity contribution in [2.24, 2.45) is 5.41 Å². The maximum Gasteiger partial charge on any atom is 0.323 e. The highest BCUT2D eigenvalue weighted by Gasteiger charge is 2.47. The summed E-state index contributed by atoms with van der Waals surface area (Å²) in [6.45, 7) is 7.60. The zero-order valence-electron chi connectivity index (χ0n) is 14.0. The molecule has 4 heteroatoms. The van der Waals surface area contributed by atoms with Crippen LogP contribution in [-0.4, -0.2) is 25.2 Å². The maximum absolute atomic E-state index is 12.4. The number of esters is 2. The van der Waals surface area contributed by atoms with E-state index >= 15 is 0 Å². The second-order valence-electron chi connectivity index (χ2n) is 5.35. The highest BCUT2D eigenvalue weighted by atomic mass is 16.6. The standard InChI is InChI=1S/C19H26O4/c1-4-14-19(17(20)22-5-2,18(21)23-6-3)15-10-13-16-11-8-7-9-12-16/h4,7-9,11-12H,1,5-6,10,13-15H2,2-3H3. The minimum Gasteiger partial charge on any atom is -0.465 e. The lowest BCUT2D eigenvalue weighted by Gasteiger charge is -2.28. The summed E-state index contributed by atoms with van der Waals surface area (Å²) in [6.07, 6.45) is 3.66. The molecule has 0 aliphatic heterocycles. The molecule has 0 fully saturated rings. The number of benzene rings is 1. The fourth-order valence-electron chi connectivity index (χ4n) is 2.58. The normalized spacial score (nSPS) is 10.9. The molecule has 0 saturated heterocycles. The highest BCUT2D eigenvalue weighted by Crippen LogP contribution is 2.33. The molecule has 1 rings (SSSR count). The summed E-state index contributed by atoms with van der Waals surface area (Å²) >= 11 is 0. The van der Waals surface area contributed by atoms with Crippen LogP contribution in [0, 0.1) is 5.41 Å². The number of aryl methyl sites for hydroxylation is 1. The fourth-order valence-corrected chi connectivity index (χ4v) is 2.58. The number of rotatable bonds is 10. The molecule has 0 bridgehead atoms. The predicted molar refractivity (Wildman–Crippen MR) is 89.9 cm³/mol. The average molecular weight is 318 g/mol. The van der Waals surface area contributed by atoms with Gasteiger partial charge in [0.25, 0.3) is 0 Å². The number of ether oxygens (including phenoxy) is 2. The quantitative estimate of drug-likeness (QED) is 0.375. The van der Waals surface area contributed by atoms with Crippen LogP contribution in [0.1, 0.15) is 38.7 Å². The van der Waals surface area contributed by atoms with Crippen molar-refractivity contribution in [3.05, 3.63) is 48.6 Å². The van der Waals surface area contributed by atoms with Gasteiger partial charge < -0.3 is 9.47 Å². The van der Waals surface area contributed by atoms with Crippen molar-refractivity contribution in [2.75, 3.05) is 13.2 Å². The number of hydrogen-bond acceptors (Lipinski definition) is 4. The van der Waals surface area contributed by atoms with Crippen LogP contribution in [0.2, 0.25) is 0 Å². The summed E-state index contributed by atoms with van der Waals surface area (Å²) in [5, 5.41) is 0. The second kappa shape index (κ2) is 9.82. The number of carbonyl (C=O) groups is 2. The minimum atomic E-state index is -1.29. The van der Waals surface area contributed by atoms with Crippen molar-refractivity contribution in [1.82, 2.24) is 0 Å². The van der Waals surface area contributed by atoms with Crippen LogP contribution < -0.4 is 0 Å². The minimum absolute atomic E-state index is 0.222. The molecule has 0 N–H and O–H groups in total. The summed E-state index contributed by atoms with van der Waals surface area (Å²) in [5.41, 5.74) is -0.115. The molecule has 0 amide bonds. The first-order valence-corrected chi connectivity index (χ1v) is 8.10. The Kier molecular flexibility index (Phi) is 8.09. The predicted octanol–water partition coefficient (Wildman–Crippen LogP) is 3.70. The van der Waals surface area contributed by atoms with E-state index in [9.17, 15) is 9.59 Å². The van der Waals surface area contributed by atoms with E-state index in [0.29, 0.717) is 12.8 Å². The van der Waals surface area contributed by atoms with E-state index in [1.165, 1.54) is 5.56 Å². The topological polar surface area (TPSA) is 52.6 Å². The molecule has 0 aromatic heterocycles. The van der Waals surface area contributed by atoms with Crippen LogP contribution in [-0.2, 0) is 25.5 Å². The molecule has 0 aliphatic carbocycles. The number of allylic oxidation sites excluding steroid dienone is 1. The van der Waals surface area contributed by atoms with E-state index in [-0.39, 0.29) is 19.6 Å². The molecule has 23 heavy (non-hydrogen) atoms. The first-order valence-electron chi connectivity index (χ1n) is 8.10. The van der Waals surface area contributed by atoms with E-state index in [1.807, 2.05) is 30.3 Å². The van der Waals surface area contributed by atoms with Crippen molar-refractivity contribution < 1.29 is 19.1 Å². The van der Waals surface area contributed by atoms with E-state index < -0.39 is 17.4 Å². The number of hydrogen-bond donors (Lipinski definition) is 0. The molecule has 0 heterocycles. The number of carbonyl (C=O) groups excluding carboxylic acids is 2. The van der Waals surface area contributed by atoms with Crippen molar-refractivity contribution in [2.45, 2.75) is 39.5 Å². The van der Waals surface area contributed by atoms with Gasteiger partial charge in [-0.05, 0) is 45.1 Å². The second-order valence-corrected chi connectivity index (χ2v) is 5.35. The van der Waals surface area contributed by atoms with Gasteiger partial charge >= 0.3 is 11.9 Å². The third kappa shape index (κ3) is 5.23. The molecular weight excluding hydrogens is 292 g/mol. The smallest absolute Gasteiger partial charge is 0.323 e. The molecule has 0 radical (unpaired) electrons. The molecule has 0 atom stereocenters. The van der Waals surface area contributed by atoms with Gasteiger partial charge in [0.2, 0.25) is 0 Å². The molecule has 4 nitrogen and oxygen atoms in total. The van der Waals surface area contributed by atoms with Gasteiger partial charge in [-0.25, -0.2) is 0 Å². The first-order chi connectivity index (χ1) is 11.1. The molecule has 0 saturated carbocycles. The zero-order chi connectivity index (χ0) is 17.1. The van der Waals surface area contributed by atoms with Crippen molar-refractivity contribution in [1.29, 1.82) is 0 Å². The van der Waals surface area contributed by atoms with Crippen LogP contribution in [0.15, 0.2) is 43.0 Å². The zero-order valence-corrected chi connectivity index (χ0v) is 14.0. The van der Waals surface area contributed by atoms with E-state index in [1.54, 1.807) is 19.9 Å². The third-order valence-electron chi connectivity index (χ3n) is 3.74. The van der Waals surface area contributed by atoms with Crippen molar-refractivity contribution >= 4 is 11.9 Å². The van der Waals surface area contributed by atoms with E-state index in [2.05, 4.69) is 6.58 Å². The van der Waals surface area contributed by atoms with E-state index in [4.69, 9.17) is 9.47 Å². The van der Waals surface area contributed by atoms with Crippen LogP contribution in [0.3, 0.4) is 0 Å². The maximum atomic E-state index is 12.4. The lowest BCUT2D eigenvalue weighted by Crippen LogP contribution is -2.42. The highest BCUT2D eigenvalue weighted by molar-refractivity contribution is 6.00. The lowest BCUT2D eigenvalue weighted by molar-refractivity contribution is -0.172. The van der Waals surface area contributed by atoms with E-state index in [0.717, 1.165) is 6.42 Å². The molecule has 0 spiro atoms. The lowest BCUT2D eigenvalue weighted by atomic mass is 9.79. The largest absolute Gasteiger partial charge is 0.465 e. The van der Waals surface area contributed by atoms with Crippen LogP contribution in [0.5, 0.6) is 0 Å². The van der Waals surface area contributed by atoms with Crippen LogP contribution in [0.25, 0.3) is 0 Å². The van der Waals surface area contributed by atoms with Crippen molar-refractivity contribution in [3.8, 4) is 0 Å². The Labute approximate surface area is 138 Å². The molecule has 1 aromatic carbocycles. The molecule has 126 valence electrons. The average Bonchev–Trinajstić information content (AvgIpc) is 2.55. The van der Waals surface area contributed by atoms with Gasteiger partial charge in [-0.1, -0.05) is 36.4 Å². The van der Waals surface area contributed by atoms with Gasteiger partial charge in [0.1, 0.15) is 0 Å².